The monoisotopic (exact) mass is 310 g/mol. The third-order valence-corrected chi connectivity index (χ3v) is 4.46. The van der Waals surface area contributed by atoms with Crippen LogP contribution in [-0.4, -0.2) is 13.2 Å². The molecule has 0 spiro atoms. The van der Waals surface area contributed by atoms with E-state index in [9.17, 15) is 4.39 Å². The Kier molecular flexibility index (Phi) is 4.71. The molecule has 1 heterocycles. The number of hydrogen-bond donors (Lipinski definition) is 1. The van der Waals surface area contributed by atoms with Gasteiger partial charge in [-0.25, -0.2) is 4.39 Å². The van der Waals surface area contributed by atoms with Gasteiger partial charge in [-0.2, -0.15) is 5.26 Å². The molecule has 0 bridgehead atoms. The van der Waals surface area contributed by atoms with Gasteiger partial charge in [0, 0.05) is 25.3 Å². The first kappa shape index (κ1) is 15.7. The van der Waals surface area contributed by atoms with Crippen molar-refractivity contribution in [2.45, 2.75) is 24.9 Å². The predicted octanol–water partition coefficient (Wildman–Crippen LogP) is 3.49. The Morgan fingerprint density at radius 3 is 2.30 bits per heavy atom. The van der Waals surface area contributed by atoms with E-state index in [2.05, 4.69) is 11.4 Å². The molecule has 0 aliphatic carbocycles. The maximum Gasteiger partial charge on any atom is 0.123 e. The van der Waals surface area contributed by atoms with Crippen LogP contribution < -0.4 is 5.32 Å². The van der Waals surface area contributed by atoms with Gasteiger partial charge in [0.05, 0.1) is 11.6 Å². The predicted molar refractivity (Wildman–Crippen MR) is 86.1 cm³/mol. The molecule has 3 rings (SSSR count). The van der Waals surface area contributed by atoms with Crippen LogP contribution in [-0.2, 0) is 16.8 Å². The van der Waals surface area contributed by atoms with Gasteiger partial charge in [-0.05, 0) is 48.2 Å². The smallest absolute Gasteiger partial charge is 0.123 e. The number of halogens is 1. The Bertz CT molecular complexity index is 683. The van der Waals surface area contributed by atoms with Gasteiger partial charge in [0.25, 0.3) is 0 Å². The summed E-state index contributed by atoms with van der Waals surface area (Å²) < 4.78 is 18.7. The van der Waals surface area contributed by atoms with Gasteiger partial charge >= 0.3 is 0 Å². The van der Waals surface area contributed by atoms with E-state index in [4.69, 9.17) is 10.00 Å². The minimum atomic E-state index is -0.219. The average molecular weight is 310 g/mol. The van der Waals surface area contributed by atoms with Gasteiger partial charge in [0.1, 0.15) is 5.82 Å². The maximum absolute atomic E-state index is 13.2. The molecule has 1 aliphatic heterocycles. The second kappa shape index (κ2) is 6.91. The van der Waals surface area contributed by atoms with Crippen molar-refractivity contribution in [3.63, 3.8) is 0 Å². The number of nitrogens with one attached hydrogen (secondary N) is 1. The number of nitriles is 1. The van der Waals surface area contributed by atoms with Crippen molar-refractivity contribution in [1.82, 2.24) is 5.32 Å². The molecule has 1 saturated heterocycles. The standard InChI is InChI=1S/C19H19FN2O/c20-18-7-5-17(6-8-18)19(9-11-23-12-10-19)22-14-16-3-1-15(13-21)2-4-16/h1-8,22H,9-12,14H2. The molecule has 1 N–H and O–H groups in total. The summed E-state index contributed by atoms with van der Waals surface area (Å²) in [5.74, 6) is -0.219. The average Bonchev–Trinajstić information content (AvgIpc) is 2.62. The zero-order chi connectivity index (χ0) is 16.1. The van der Waals surface area contributed by atoms with Crippen molar-refractivity contribution >= 4 is 0 Å². The van der Waals surface area contributed by atoms with Crippen molar-refractivity contribution in [2.75, 3.05) is 13.2 Å². The summed E-state index contributed by atoms with van der Waals surface area (Å²) in [6.45, 7) is 2.08. The maximum atomic E-state index is 13.2. The van der Waals surface area contributed by atoms with Gasteiger partial charge in [-0.1, -0.05) is 24.3 Å². The Morgan fingerprint density at radius 2 is 1.70 bits per heavy atom. The molecule has 0 atom stereocenters. The van der Waals surface area contributed by atoms with E-state index in [1.165, 1.54) is 12.1 Å². The zero-order valence-corrected chi connectivity index (χ0v) is 12.9. The van der Waals surface area contributed by atoms with Crippen LogP contribution in [0.1, 0.15) is 29.5 Å². The quantitative estimate of drug-likeness (QED) is 0.940. The lowest BCUT2D eigenvalue weighted by Crippen LogP contribution is -2.46. The van der Waals surface area contributed by atoms with Gasteiger partial charge in [0.15, 0.2) is 0 Å². The fraction of sp³-hybridized carbons (Fsp3) is 0.316. The molecule has 1 fully saturated rings. The lowest BCUT2D eigenvalue weighted by molar-refractivity contribution is 0.0357. The van der Waals surface area contributed by atoms with Gasteiger partial charge in [-0.3, -0.25) is 0 Å². The van der Waals surface area contributed by atoms with Crippen LogP contribution in [0.3, 0.4) is 0 Å². The second-order valence-corrected chi connectivity index (χ2v) is 5.86. The number of benzene rings is 2. The van der Waals surface area contributed by atoms with E-state index in [1.54, 1.807) is 0 Å². The van der Waals surface area contributed by atoms with Crippen molar-refractivity contribution in [2.24, 2.45) is 0 Å². The Labute approximate surface area is 135 Å². The van der Waals surface area contributed by atoms with E-state index >= 15 is 0 Å². The first-order valence-corrected chi connectivity index (χ1v) is 7.80. The second-order valence-electron chi connectivity index (χ2n) is 5.86. The summed E-state index contributed by atoms with van der Waals surface area (Å²) in [5, 5.41) is 12.5. The molecule has 3 nitrogen and oxygen atoms in total. The van der Waals surface area contributed by atoms with Gasteiger partial charge < -0.3 is 10.1 Å². The highest BCUT2D eigenvalue weighted by molar-refractivity contribution is 5.32. The van der Waals surface area contributed by atoms with E-state index in [0.717, 1.165) is 24.0 Å². The normalized spacial score (nSPS) is 16.7. The molecular formula is C19H19FN2O. The third-order valence-electron chi connectivity index (χ3n) is 4.46. The van der Waals surface area contributed by atoms with Crippen LogP contribution in [0, 0.1) is 17.1 Å². The molecule has 1 aliphatic rings. The van der Waals surface area contributed by atoms with Crippen LogP contribution in [0.5, 0.6) is 0 Å². The molecule has 0 radical (unpaired) electrons. The lowest BCUT2D eigenvalue weighted by Gasteiger charge is -2.39. The summed E-state index contributed by atoms with van der Waals surface area (Å²) in [7, 11) is 0. The lowest BCUT2D eigenvalue weighted by atomic mass is 9.82. The highest BCUT2D eigenvalue weighted by atomic mass is 19.1. The summed E-state index contributed by atoms with van der Waals surface area (Å²) in [6.07, 6.45) is 1.71. The fourth-order valence-electron chi connectivity index (χ4n) is 3.02. The van der Waals surface area contributed by atoms with Gasteiger partial charge in [0.2, 0.25) is 0 Å². The van der Waals surface area contributed by atoms with Crippen molar-refractivity contribution in [3.8, 4) is 6.07 Å². The van der Waals surface area contributed by atoms with Crippen molar-refractivity contribution in [1.29, 1.82) is 5.26 Å². The minimum absolute atomic E-state index is 0.195. The number of rotatable bonds is 4. The van der Waals surface area contributed by atoms with E-state index in [1.807, 2.05) is 36.4 Å². The fourth-order valence-corrected chi connectivity index (χ4v) is 3.02. The Hall–Kier alpha value is -2.22. The van der Waals surface area contributed by atoms with Crippen molar-refractivity contribution < 1.29 is 9.13 Å². The van der Waals surface area contributed by atoms with Crippen LogP contribution in [0.25, 0.3) is 0 Å². The molecular weight excluding hydrogens is 291 g/mol. The highest BCUT2D eigenvalue weighted by Gasteiger charge is 2.33. The number of ether oxygens (including phenoxy) is 1. The topological polar surface area (TPSA) is 45.0 Å². The van der Waals surface area contributed by atoms with E-state index in [-0.39, 0.29) is 11.4 Å². The summed E-state index contributed by atoms with van der Waals surface area (Å²) in [6, 6.07) is 16.4. The van der Waals surface area contributed by atoms with Crippen LogP contribution in [0.15, 0.2) is 48.5 Å². The van der Waals surface area contributed by atoms with Crippen LogP contribution >= 0.6 is 0 Å². The highest BCUT2D eigenvalue weighted by Crippen LogP contribution is 2.32. The molecule has 4 heteroatoms. The SMILES string of the molecule is N#Cc1ccc(CNC2(c3ccc(F)cc3)CCOCC2)cc1. The number of hydrogen-bond acceptors (Lipinski definition) is 3. The largest absolute Gasteiger partial charge is 0.381 e. The molecule has 0 amide bonds. The minimum Gasteiger partial charge on any atom is -0.381 e. The Morgan fingerprint density at radius 1 is 1.04 bits per heavy atom. The molecule has 118 valence electrons. The molecule has 2 aromatic carbocycles. The molecule has 2 aromatic rings. The molecule has 0 aromatic heterocycles. The number of nitrogens with zero attached hydrogens (tertiary/aromatic N) is 1. The summed E-state index contributed by atoms with van der Waals surface area (Å²) in [4.78, 5) is 0. The molecule has 0 saturated carbocycles. The van der Waals surface area contributed by atoms with Crippen LogP contribution in [0.2, 0.25) is 0 Å². The zero-order valence-electron chi connectivity index (χ0n) is 12.9. The van der Waals surface area contributed by atoms with Crippen molar-refractivity contribution in [3.05, 3.63) is 71.0 Å². The Balaban J connectivity index is 1.78. The van der Waals surface area contributed by atoms with Crippen LogP contribution in [0.4, 0.5) is 4.39 Å². The van der Waals surface area contributed by atoms with E-state index < -0.39 is 0 Å². The first-order chi connectivity index (χ1) is 11.2. The summed E-state index contributed by atoms with van der Waals surface area (Å²) >= 11 is 0. The van der Waals surface area contributed by atoms with E-state index in [0.29, 0.717) is 25.3 Å². The first-order valence-electron chi connectivity index (χ1n) is 7.80. The molecule has 0 unspecified atom stereocenters. The summed E-state index contributed by atoms with van der Waals surface area (Å²) in [5.41, 5.74) is 2.68. The van der Waals surface area contributed by atoms with Gasteiger partial charge in [-0.15, -0.1) is 0 Å². The third kappa shape index (κ3) is 3.58. The molecule has 23 heavy (non-hydrogen) atoms.